The molecular formula is C13H20O2. The zero-order valence-corrected chi connectivity index (χ0v) is 9.64. The summed E-state index contributed by atoms with van der Waals surface area (Å²) >= 11 is 0. The summed E-state index contributed by atoms with van der Waals surface area (Å²) in [5, 5.41) is 19.7. The summed E-state index contributed by atoms with van der Waals surface area (Å²) in [6, 6.07) is 9.58. The molecule has 84 valence electrons. The van der Waals surface area contributed by atoms with E-state index in [1.807, 2.05) is 37.3 Å². The third-order valence-electron chi connectivity index (χ3n) is 2.94. The maximum atomic E-state index is 10.3. The number of rotatable bonds is 4. The van der Waals surface area contributed by atoms with Crippen LogP contribution >= 0.6 is 0 Å². The Morgan fingerprint density at radius 2 is 1.73 bits per heavy atom. The average Bonchev–Trinajstić information content (AvgIpc) is 2.18. The van der Waals surface area contributed by atoms with E-state index >= 15 is 0 Å². The Hall–Kier alpha value is -0.860. The molecule has 1 aromatic carbocycles. The van der Waals surface area contributed by atoms with Gasteiger partial charge in [0.05, 0.1) is 11.7 Å². The van der Waals surface area contributed by atoms with Crippen LogP contribution in [-0.4, -0.2) is 16.3 Å². The molecule has 3 atom stereocenters. The highest BCUT2D eigenvalue weighted by Gasteiger charge is 2.26. The first-order valence-corrected chi connectivity index (χ1v) is 5.39. The van der Waals surface area contributed by atoms with Gasteiger partial charge in [-0.3, -0.25) is 0 Å². The first-order valence-electron chi connectivity index (χ1n) is 5.39. The van der Waals surface area contributed by atoms with Crippen LogP contribution < -0.4 is 0 Å². The fraction of sp³-hybridized carbons (Fsp3) is 0.538. The van der Waals surface area contributed by atoms with E-state index in [0.29, 0.717) is 6.42 Å². The zero-order chi connectivity index (χ0) is 11.5. The molecule has 1 aromatic rings. The fourth-order valence-corrected chi connectivity index (χ4v) is 1.71. The lowest BCUT2D eigenvalue weighted by atomic mass is 9.85. The molecule has 2 nitrogen and oxygen atoms in total. The molecule has 15 heavy (non-hydrogen) atoms. The normalized spacial score (nSPS) is 19.3. The summed E-state index contributed by atoms with van der Waals surface area (Å²) in [6.45, 7) is 5.50. The summed E-state index contributed by atoms with van der Waals surface area (Å²) in [6.07, 6.45) is 0.175. The maximum absolute atomic E-state index is 10.3. The molecule has 0 aliphatic rings. The molecule has 0 aliphatic heterocycles. The van der Waals surface area contributed by atoms with Crippen molar-refractivity contribution in [3.05, 3.63) is 35.9 Å². The van der Waals surface area contributed by atoms with Crippen molar-refractivity contribution < 1.29 is 10.2 Å². The SMILES string of the molecule is CC(O)C(C)CC(C)(O)c1ccccc1. The number of hydrogen-bond donors (Lipinski definition) is 2. The van der Waals surface area contributed by atoms with E-state index < -0.39 is 5.60 Å². The smallest absolute Gasteiger partial charge is 0.0872 e. The van der Waals surface area contributed by atoms with E-state index in [1.54, 1.807) is 13.8 Å². The molecule has 0 saturated carbocycles. The van der Waals surface area contributed by atoms with E-state index in [2.05, 4.69) is 0 Å². The monoisotopic (exact) mass is 208 g/mol. The first kappa shape index (κ1) is 12.2. The minimum Gasteiger partial charge on any atom is -0.393 e. The second-order valence-electron chi connectivity index (χ2n) is 4.56. The highest BCUT2D eigenvalue weighted by atomic mass is 16.3. The van der Waals surface area contributed by atoms with E-state index in [4.69, 9.17) is 0 Å². The van der Waals surface area contributed by atoms with Crippen molar-refractivity contribution in [3.8, 4) is 0 Å². The van der Waals surface area contributed by atoms with E-state index in [-0.39, 0.29) is 12.0 Å². The molecule has 0 saturated heterocycles. The summed E-state index contributed by atoms with van der Waals surface area (Å²) in [5.74, 6) is 0.0835. The molecule has 0 aliphatic carbocycles. The summed E-state index contributed by atoms with van der Waals surface area (Å²) in [4.78, 5) is 0. The second kappa shape index (κ2) is 4.77. The number of aliphatic hydroxyl groups excluding tert-OH is 1. The van der Waals surface area contributed by atoms with Gasteiger partial charge in [-0.25, -0.2) is 0 Å². The van der Waals surface area contributed by atoms with Crippen LogP contribution in [0.15, 0.2) is 30.3 Å². The van der Waals surface area contributed by atoms with Crippen LogP contribution in [-0.2, 0) is 5.60 Å². The highest BCUT2D eigenvalue weighted by molar-refractivity contribution is 5.21. The van der Waals surface area contributed by atoms with Crippen LogP contribution in [0.3, 0.4) is 0 Å². The molecule has 0 bridgehead atoms. The molecule has 0 heterocycles. The maximum Gasteiger partial charge on any atom is 0.0872 e. The van der Waals surface area contributed by atoms with Crippen molar-refractivity contribution in [1.29, 1.82) is 0 Å². The van der Waals surface area contributed by atoms with Crippen molar-refractivity contribution in [2.24, 2.45) is 5.92 Å². The van der Waals surface area contributed by atoms with Crippen molar-refractivity contribution in [2.45, 2.75) is 38.9 Å². The van der Waals surface area contributed by atoms with Crippen molar-refractivity contribution >= 4 is 0 Å². The second-order valence-corrected chi connectivity index (χ2v) is 4.56. The van der Waals surface area contributed by atoms with Gasteiger partial charge in [0, 0.05) is 0 Å². The van der Waals surface area contributed by atoms with Gasteiger partial charge in [-0.1, -0.05) is 37.3 Å². The Kier molecular flexibility index (Phi) is 3.89. The van der Waals surface area contributed by atoms with Gasteiger partial charge in [-0.05, 0) is 31.7 Å². The van der Waals surface area contributed by atoms with Crippen molar-refractivity contribution in [1.82, 2.24) is 0 Å². The van der Waals surface area contributed by atoms with Gasteiger partial charge in [0.1, 0.15) is 0 Å². The molecule has 2 N–H and O–H groups in total. The van der Waals surface area contributed by atoms with Gasteiger partial charge in [0.25, 0.3) is 0 Å². The number of hydrogen-bond acceptors (Lipinski definition) is 2. The van der Waals surface area contributed by atoms with Crippen LogP contribution in [0.5, 0.6) is 0 Å². The number of aliphatic hydroxyl groups is 2. The van der Waals surface area contributed by atoms with Gasteiger partial charge in [-0.15, -0.1) is 0 Å². The van der Waals surface area contributed by atoms with Gasteiger partial charge < -0.3 is 10.2 Å². The largest absolute Gasteiger partial charge is 0.393 e. The minimum atomic E-state index is -0.863. The zero-order valence-electron chi connectivity index (χ0n) is 9.64. The van der Waals surface area contributed by atoms with Crippen LogP contribution in [0.1, 0.15) is 32.8 Å². The Bertz CT molecular complexity index is 291. The van der Waals surface area contributed by atoms with Gasteiger partial charge in [0.2, 0.25) is 0 Å². The van der Waals surface area contributed by atoms with E-state index in [0.717, 1.165) is 5.56 Å². The van der Waals surface area contributed by atoms with Crippen molar-refractivity contribution in [3.63, 3.8) is 0 Å². The van der Waals surface area contributed by atoms with Crippen LogP contribution in [0, 0.1) is 5.92 Å². The average molecular weight is 208 g/mol. The molecule has 1 rings (SSSR count). The predicted octanol–water partition coefficient (Wildman–Crippen LogP) is 2.30. The molecule has 3 unspecified atom stereocenters. The fourth-order valence-electron chi connectivity index (χ4n) is 1.71. The Morgan fingerprint density at radius 3 is 2.20 bits per heavy atom. The van der Waals surface area contributed by atoms with Gasteiger partial charge in [-0.2, -0.15) is 0 Å². The molecule has 0 amide bonds. The lowest BCUT2D eigenvalue weighted by molar-refractivity contribution is 0.00643. The predicted molar refractivity (Wildman–Crippen MR) is 61.5 cm³/mol. The Labute approximate surface area is 91.6 Å². The quantitative estimate of drug-likeness (QED) is 0.797. The molecule has 2 heteroatoms. The summed E-state index contributed by atoms with van der Waals surface area (Å²) in [7, 11) is 0. The molecule has 0 radical (unpaired) electrons. The van der Waals surface area contributed by atoms with Crippen LogP contribution in [0.25, 0.3) is 0 Å². The lowest BCUT2D eigenvalue weighted by Crippen LogP contribution is -2.28. The molecule has 0 aromatic heterocycles. The molecule has 0 spiro atoms. The van der Waals surface area contributed by atoms with E-state index in [9.17, 15) is 10.2 Å². The Balaban J connectivity index is 2.75. The van der Waals surface area contributed by atoms with Crippen LogP contribution in [0.2, 0.25) is 0 Å². The van der Waals surface area contributed by atoms with Crippen molar-refractivity contribution in [2.75, 3.05) is 0 Å². The molecular weight excluding hydrogens is 188 g/mol. The molecule has 0 fully saturated rings. The van der Waals surface area contributed by atoms with Crippen LogP contribution in [0.4, 0.5) is 0 Å². The third kappa shape index (κ3) is 3.33. The van der Waals surface area contributed by atoms with Gasteiger partial charge >= 0.3 is 0 Å². The topological polar surface area (TPSA) is 40.5 Å². The van der Waals surface area contributed by atoms with E-state index in [1.165, 1.54) is 0 Å². The highest BCUT2D eigenvalue weighted by Crippen LogP contribution is 2.29. The summed E-state index contributed by atoms with van der Waals surface area (Å²) in [5.41, 5.74) is 0.0370. The summed E-state index contributed by atoms with van der Waals surface area (Å²) < 4.78 is 0. The lowest BCUT2D eigenvalue weighted by Gasteiger charge is -2.28. The Morgan fingerprint density at radius 1 is 1.20 bits per heavy atom. The standard InChI is InChI=1S/C13H20O2/c1-10(11(2)14)9-13(3,15)12-7-5-4-6-8-12/h4-8,10-11,14-15H,9H2,1-3H3. The minimum absolute atomic E-state index is 0.0835. The third-order valence-corrected chi connectivity index (χ3v) is 2.94. The van der Waals surface area contributed by atoms with Gasteiger partial charge in [0.15, 0.2) is 0 Å². The first-order chi connectivity index (χ1) is 6.93. The number of benzene rings is 1.